The molecule has 0 unspecified atom stereocenters. The fourth-order valence-corrected chi connectivity index (χ4v) is 5.05. The van der Waals surface area contributed by atoms with Crippen molar-refractivity contribution in [1.29, 1.82) is 0 Å². The molecule has 6 rings (SSSR count). The van der Waals surface area contributed by atoms with Gasteiger partial charge in [0.2, 0.25) is 11.7 Å². The summed E-state index contributed by atoms with van der Waals surface area (Å²) in [6.07, 6.45) is 4.40. The van der Waals surface area contributed by atoms with Gasteiger partial charge >= 0.3 is 0 Å². The number of amides is 2. The van der Waals surface area contributed by atoms with Crippen molar-refractivity contribution in [3.8, 4) is 0 Å². The minimum absolute atomic E-state index is 0.0644. The standard InChI is InChI=1S/C24H23N7O3/c1-30-19-18(29-21(30)22(32)25-13-15-5-4-12-34-15)20(27-14-26-19)31-10-8-24(9-11-31)16-6-2-3-7-17(16)28-23(24)33/h2-7,12,14H,8-11,13H2,1H3,(H,25,32)(H,28,33). The highest BCUT2D eigenvalue weighted by atomic mass is 16.3. The second-order valence-electron chi connectivity index (χ2n) is 8.69. The van der Waals surface area contributed by atoms with Crippen LogP contribution in [0.1, 0.15) is 34.8 Å². The molecule has 4 aromatic rings. The first-order chi connectivity index (χ1) is 16.6. The average Bonchev–Trinajstić information content (AvgIpc) is 3.57. The minimum atomic E-state index is -0.514. The largest absolute Gasteiger partial charge is 0.467 e. The van der Waals surface area contributed by atoms with Crippen LogP contribution in [0.15, 0.2) is 53.4 Å². The molecule has 172 valence electrons. The number of nitrogens with one attached hydrogen (secondary N) is 2. The number of rotatable bonds is 4. The molecule has 0 bridgehead atoms. The number of carbonyl (C=O) groups is 2. The molecular weight excluding hydrogens is 434 g/mol. The molecule has 1 saturated heterocycles. The highest BCUT2D eigenvalue weighted by molar-refractivity contribution is 6.06. The number of piperidine rings is 1. The number of aryl methyl sites for hydroxylation is 1. The van der Waals surface area contributed by atoms with E-state index in [1.165, 1.54) is 6.33 Å². The zero-order chi connectivity index (χ0) is 23.3. The van der Waals surface area contributed by atoms with E-state index in [2.05, 4.69) is 30.5 Å². The molecule has 2 amide bonds. The summed E-state index contributed by atoms with van der Waals surface area (Å²) in [6.45, 7) is 1.56. The number of para-hydroxylation sites is 1. The smallest absolute Gasteiger partial charge is 0.287 e. The van der Waals surface area contributed by atoms with Crippen molar-refractivity contribution in [2.45, 2.75) is 24.8 Å². The molecule has 10 nitrogen and oxygen atoms in total. The van der Waals surface area contributed by atoms with Crippen molar-refractivity contribution >= 4 is 34.5 Å². The van der Waals surface area contributed by atoms with E-state index >= 15 is 0 Å². The molecule has 2 aliphatic heterocycles. The van der Waals surface area contributed by atoms with Gasteiger partial charge in [-0.15, -0.1) is 0 Å². The Kier molecular flexibility index (Phi) is 4.61. The van der Waals surface area contributed by atoms with Crippen LogP contribution in [0.3, 0.4) is 0 Å². The minimum Gasteiger partial charge on any atom is -0.467 e. The molecule has 1 aromatic carbocycles. The third kappa shape index (κ3) is 3.06. The third-order valence-electron chi connectivity index (χ3n) is 6.89. The van der Waals surface area contributed by atoms with E-state index in [9.17, 15) is 9.59 Å². The molecule has 1 fully saturated rings. The van der Waals surface area contributed by atoms with Gasteiger partial charge in [-0.2, -0.15) is 0 Å². The summed E-state index contributed by atoms with van der Waals surface area (Å²) in [7, 11) is 1.76. The summed E-state index contributed by atoms with van der Waals surface area (Å²) in [5.74, 6) is 1.33. The number of anilines is 2. The first-order valence-electron chi connectivity index (χ1n) is 11.2. The van der Waals surface area contributed by atoms with Crippen LogP contribution in [-0.2, 0) is 23.8 Å². The first kappa shape index (κ1) is 20.4. The number of furan rings is 1. The van der Waals surface area contributed by atoms with Crippen molar-refractivity contribution in [2.24, 2.45) is 7.05 Å². The van der Waals surface area contributed by atoms with E-state index in [4.69, 9.17) is 4.42 Å². The van der Waals surface area contributed by atoms with Crippen LogP contribution < -0.4 is 15.5 Å². The number of benzene rings is 1. The van der Waals surface area contributed by atoms with E-state index in [1.54, 1.807) is 30.0 Å². The Morgan fingerprint density at radius 1 is 1.18 bits per heavy atom. The van der Waals surface area contributed by atoms with Gasteiger partial charge in [0.1, 0.15) is 12.1 Å². The molecule has 3 aromatic heterocycles. The lowest BCUT2D eigenvalue weighted by Gasteiger charge is -2.38. The average molecular weight is 457 g/mol. The Hall–Kier alpha value is -4.21. The fourth-order valence-electron chi connectivity index (χ4n) is 5.05. The lowest BCUT2D eigenvalue weighted by molar-refractivity contribution is -0.121. The van der Waals surface area contributed by atoms with E-state index < -0.39 is 5.41 Å². The van der Waals surface area contributed by atoms with Crippen LogP contribution in [-0.4, -0.2) is 44.4 Å². The number of fused-ring (bicyclic) bond motifs is 3. The maximum atomic E-state index is 12.9. The molecule has 34 heavy (non-hydrogen) atoms. The number of hydrogen-bond acceptors (Lipinski definition) is 7. The van der Waals surface area contributed by atoms with E-state index in [0.29, 0.717) is 48.7 Å². The van der Waals surface area contributed by atoms with Gasteiger partial charge in [0.15, 0.2) is 17.0 Å². The van der Waals surface area contributed by atoms with Gasteiger partial charge in [0.05, 0.1) is 18.2 Å². The van der Waals surface area contributed by atoms with E-state index in [1.807, 2.05) is 24.3 Å². The molecule has 1 spiro atoms. The van der Waals surface area contributed by atoms with Gasteiger partial charge in [-0.3, -0.25) is 9.59 Å². The van der Waals surface area contributed by atoms with Crippen molar-refractivity contribution < 1.29 is 14.0 Å². The lowest BCUT2D eigenvalue weighted by Crippen LogP contribution is -2.46. The molecule has 2 aliphatic rings. The predicted molar refractivity (Wildman–Crippen MR) is 124 cm³/mol. The normalized spacial score (nSPS) is 16.6. The Bertz CT molecular complexity index is 1400. The third-order valence-corrected chi connectivity index (χ3v) is 6.89. The van der Waals surface area contributed by atoms with Crippen LogP contribution in [0.5, 0.6) is 0 Å². The number of imidazole rings is 1. The first-order valence-corrected chi connectivity index (χ1v) is 11.2. The van der Waals surface area contributed by atoms with Gasteiger partial charge in [0.25, 0.3) is 5.91 Å². The Morgan fingerprint density at radius 2 is 2.00 bits per heavy atom. The van der Waals surface area contributed by atoms with E-state index in [0.717, 1.165) is 11.3 Å². The highest BCUT2D eigenvalue weighted by Gasteiger charge is 2.48. The van der Waals surface area contributed by atoms with E-state index in [-0.39, 0.29) is 24.2 Å². The summed E-state index contributed by atoms with van der Waals surface area (Å²) in [5.41, 5.74) is 2.61. The number of carbonyl (C=O) groups excluding carboxylic acids is 2. The second-order valence-corrected chi connectivity index (χ2v) is 8.69. The number of nitrogens with zero attached hydrogens (tertiary/aromatic N) is 5. The summed E-state index contributed by atoms with van der Waals surface area (Å²) in [4.78, 5) is 41.3. The van der Waals surface area contributed by atoms with Crippen molar-refractivity contribution in [2.75, 3.05) is 23.3 Å². The Balaban J connectivity index is 1.26. The zero-order valence-electron chi connectivity index (χ0n) is 18.6. The summed E-state index contributed by atoms with van der Waals surface area (Å²) < 4.78 is 6.95. The molecule has 2 N–H and O–H groups in total. The maximum absolute atomic E-state index is 12.9. The second kappa shape index (κ2) is 7.68. The maximum Gasteiger partial charge on any atom is 0.287 e. The molecule has 0 saturated carbocycles. The van der Waals surface area contributed by atoms with Gasteiger partial charge in [-0.1, -0.05) is 18.2 Å². The van der Waals surface area contributed by atoms with Crippen LogP contribution in [0.25, 0.3) is 11.2 Å². The molecule has 5 heterocycles. The molecule has 0 aliphatic carbocycles. The van der Waals surface area contributed by atoms with Crippen LogP contribution in [0.2, 0.25) is 0 Å². The van der Waals surface area contributed by atoms with Crippen LogP contribution in [0, 0.1) is 0 Å². The Morgan fingerprint density at radius 3 is 2.79 bits per heavy atom. The highest BCUT2D eigenvalue weighted by Crippen LogP contribution is 2.45. The summed E-state index contributed by atoms with van der Waals surface area (Å²) >= 11 is 0. The molecule has 0 radical (unpaired) electrons. The Labute approximate surface area is 195 Å². The lowest BCUT2D eigenvalue weighted by atomic mass is 9.73. The summed E-state index contributed by atoms with van der Waals surface area (Å²) in [5, 5.41) is 5.86. The molecule has 0 atom stereocenters. The van der Waals surface area contributed by atoms with Gasteiger partial charge < -0.3 is 24.5 Å². The van der Waals surface area contributed by atoms with Crippen LogP contribution in [0.4, 0.5) is 11.5 Å². The molecular formula is C24H23N7O3. The monoisotopic (exact) mass is 457 g/mol. The van der Waals surface area contributed by atoms with Gasteiger partial charge in [0, 0.05) is 25.8 Å². The molecule has 10 heteroatoms. The summed E-state index contributed by atoms with van der Waals surface area (Å²) in [6, 6.07) is 11.5. The SMILES string of the molecule is Cn1c(C(=O)NCc2ccco2)nc2c(N3CCC4(CC3)C(=O)Nc3ccccc34)ncnc21. The fraction of sp³-hybridized carbons (Fsp3) is 0.292. The predicted octanol–water partition coefficient (Wildman–Crippen LogP) is 2.38. The van der Waals surface area contributed by atoms with Crippen molar-refractivity contribution in [1.82, 2.24) is 24.8 Å². The quantitative estimate of drug-likeness (QED) is 0.483. The van der Waals surface area contributed by atoms with Gasteiger partial charge in [-0.25, -0.2) is 15.0 Å². The van der Waals surface area contributed by atoms with Gasteiger partial charge in [-0.05, 0) is 36.6 Å². The number of aromatic nitrogens is 4. The zero-order valence-corrected chi connectivity index (χ0v) is 18.6. The topological polar surface area (TPSA) is 118 Å². The van der Waals surface area contributed by atoms with Crippen LogP contribution >= 0.6 is 0 Å². The number of hydrogen-bond donors (Lipinski definition) is 2. The van der Waals surface area contributed by atoms with Crippen molar-refractivity contribution in [3.63, 3.8) is 0 Å². The van der Waals surface area contributed by atoms with Crippen molar-refractivity contribution in [3.05, 3.63) is 66.1 Å².